The Morgan fingerprint density at radius 1 is 1.17 bits per heavy atom. The second kappa shape index (κ2) is 9.13. The Morgan fingerprint density at radius 3 is 2.59 bits per heavy atom. The van der Waals surface area contributed by atoms with E-state index in [9.17, 15) is 14.0 Å². The van der Waals surface area contributed by atoms with Gasteiger partial charge in [-0.05, 0) is 50.6 Å². The molecule has 0 saturated carbocycles. The Morgan fingerprint density at radius 2 is 1.90 bits per heavy atom. The van der Waals surface area contributed by atoms with E-state index >= 15 is 0 Å². The molecule has 3 rings (SSSR count). The number of hydrogen-bond acceptors (Lipinski definition) is 5. The van der Waals surface area contributed by atoms with Gasteiger partial charge in [0.1, 0.15) is 17.3 Å². The average Bonchev–Trinajstić information content (AvgIpc) is 2.70. The smallest absolute Gasteiger partial charge is 0.260 e. The minimum atomic E-state index is -0.243. The summed E-state index contributed by atoms with van der Waals surface area (Å²) in [5.74, 6) is -0.0510. The lowest BCUT2D eigenvalue weighted by molar-refractivity contribution is -0.139. The van der Waals surface area contributed by atoms with Gasteiger partial charge in [0.15, 0.2) is 12.9 Å². The molecule has 1 fully saturated rings. The molecular weight excluding hydrogens is 373 g/mol. The molecule has 7 heteroatoms. The van der Waals surface area contributed by atoms with Gasteiger partial charge in [-0.25, -0.2) is 9.37 Å². The molecule has 29 heavy (non-hydrogen) atoms. The van der Waals surface area contributed by atoms with Gasteiger partial charge in [-0.3, -0.25) is 14.5 Å². The van der Waals surface area contributed by atoms with Crippen LogP contribution in [0.25, 0.3) is 0 Å². The van der Waals surface area contributed by atoms with E-state index in [0.29, 0.717) is 30.8 Å². The Kier molecular flexibility index (Phi) is 6.59. The summed E-state index contributed by atoms with van der Waals surface area (Å²) >= 11 is 0. The zero-order valence-electron chi connectivity index (χ0n) is 17.0. The SMILES string of the molecule is Cc1ccc(OCC(=O)N2CC(C)N(Cc3ccc(F)cc3)CC2C)c(C=O)n1. The summed E-state index contributed by atoms with van der Waals surface area (Å²) < 4.78 is 18.7. The molecule has 0 spiro atoms. The highest BCUT2D eigenvalue weighted by Gasteiger charge is 2.32. The quantitative estimate of drug-likeness (QED) is 0.699. The molecule has 6 nitrogen and oxygen atoms in total. The maximum absolute atomic E-state index is 13.1. The fourth-order valence-electron chi connectivity index (χ4n) is 3.58. The van der Waals surface area contributed by atoms with E-state index in [1.807, 2.05) is 11.8 Å². The number of amides is 1. The van der Waals surface area contributed by atoms with Crippen LogP contribution in [0.2, 0.25) is 0 Å². The first-order valence-electron chi connectivity index (χ1n) is 9.71. The largest absolute Gasteiger partial charge is 0.481 e. The molecule has 154 valence electrons. The van der Waals surface area contributed by atoms with Crippen molar-refractivity contribution < 1.29 is 18.7 Å². The second-order valence-electron chi connectivity index (χ2n) is 7.54. The van der Waals surface area contributed by atoms with Crippen molar-refractivity contribution in [1.82, 2.24) is 14.8 Å². The van der Waals surface area contributed by atoms with Crippen molar-refractivity contribution in [3.8, 4) is 5.75 Å². The van der Waals surface area contributed by atoms with Crippen LogP contribution in [0.1, 0.15) is 35.6 Å². The molecule has 2 atom stereocenters. The van der Waals surface area contributed by atoms with E-state index in [2.05, 4.69) is 16.8 Å². The summed E-state index contributed by atoms with van der Waals surface area (Å²) in [5.41, 5.74) is 1.95. The topological polar surface area (TPSA) is 62.7 Å². The van der Waals surface area contributed by atoms with Crippen LogP contribution in [0.4, 0.5) is 4.39 Å². The van der Waals surface area contributed by atoms with E-state index in [0.717, 1.165) is 12.1 Å². The molecule has 1 saturated heterocycles. The third-order valence-electron chi connectivity index (χ3n) is 5.22. The van der Waals surface area contributed by atoms with E-state index < -0.39 is 0 Å². The highest BCUT2D eigenvalue weighted by molar-refractivity contribution is 5.79. The van der Waals surface area contributed by atoms with Crippen LogP contribution in [0.5, 0.6) is 5.75 Å². The van der Waals surface area contributed by atoms with Gasteiger partial charge in [0.25, 0.3) is 5.91 Å². The van der Waals surface area contributed by atoms with E-state index in [1.54, 1.807) is 31.2 Å². The van der Waals surface area contributed by atoms with Gasteiger partial charge in [-0.15, -0.1) is 0 Å². The van der Waals surface area contributed by atoms with Gasteiger partial charge in [0.05, 0.1) is 0 Å². The number of hydrogen-bond donors (Lipinski definition) is 0. The number of benzene rings is 1. The third-order valence-corrected chi connectivity index (χ3v) is 5.22. The van der Waals surface area contributed by atoms with Gasteiger partial charge in [0.2, 0.25) is 0 Å². The fourth-order valence-corrected chi connectivity index (χ4v) is 3.58. The molecule has 1 aliphatic heterocycles. The molecule has 1 aromatic carbocycles. The van der Waals surface area contributed by atoms with E-state index in [4.69, 9.17) is 4.74 Å². The minimum absolute atomic E-state index is 0.0180. The lowest BCUT2D eigenvalue weighted by Gasteiger charge is -2.44. The molecule has 1 aromatic heterocycles. The number of carbonyl (C=O) groups is 2. The van der Waals surface area contributed by atoms with Crippen LogP contribution in [0.15, 0.2) is 36.4 Å². The van der Waals surface area contributed by atoms with Crippen LogP contribution < -0.4 is 4.74 Å². The average molecular weight is 399 g/mol. The maximum atomic E-state index is 13.1. The number of rotatable bonds is 6. The number of halogens is 1. The summed E-state index contributed by atoms with van der Waals surface area (Å²) in [6.07, 6.45) is 0.631. The van der Waals surface area contributed by atoms with Crippen molar-refractivity contribution in [2.24, 2.45) is 0 Å². The normalized spacial score (nSPS) is 19.8. The number of aryl methyl sites for hydroxylation is 1. The van der Waals surface area contributed by atoms with Gasteiger partial charge in [-0.2, -0.15) is 0 Å². The predicted octanol–water partition coefficient (Wildman–Crippen LogP) is 2.84. The van der Waals surface area contributed by atoms with Gasteiger partial charge < -0.3 is 9.64 Å². The van der Waals surface area contributed by atoms with Crippen LogP contribution >= 0.6 is 0 Å². The van der Waals surface area contributed by atoms with Crippen LogP contribution in [-0.2, 0) is 11.3 Å². The van der Waals surface area contributed by atoms with Crippen LogP contribution in [0, 0.1) is 12.7 Å². The molecule has 2 unspecified atom stereocenters. The number of pyridine rings is 1. The van der Waals surface area contributed by atoms with Crippen molar-refractivity contribution in [3.05, 3.63) is 59.2 Å². The summed E-state index contributed by atoms with van der Waals surface area (Å²) in [5, 5.41) is 0. The molecule has 0 aliphatic carbocycles. The highest BCUT2D eigenvalue weighted by Crippen LogP contribution is 2.20. The van der Waals surface area contributed by atoms with Gasteiger partial charge in [0, 0.05) is 37.4 Å². The maximum Gasteiger partial charge on any atom is 0.260 e. The number of piperazine rings is 1. The van der Waals surface area contributed by atoms with Crippen molar-refractivity contribution in [2.75, 3.05) is 19.7 Å². The fraction of sp³-hybridized carbons (Fsp3) is 0.409. The first kappa shape index (κ1) is 20.9. The Bertz CT molecular complexity index is 872. The summed E-state index contributed by atoms with van der Waals surface area (Å²) in [6.45, 7) is 7.74. The summed E-state index contributed by atoms with van der Waals surface area (Å²) in [7, 11) is 0. The molecule has 0 N–H and O–H groups in total. The molecule has 1 amide bonds. The highest BCUT2D eigenvalue weighted by atomic mass is 19.1. The van der Waals surface area contributed by atoms with Crippen molar-refractivity contribution in [3.63, 3.8) is 0 Å². The Hall–Kier alpha value is -2.80. The monoisotopic (exact) mass is 399 g/mol. The predicted molar refractivity (Wildman–Crippen MR) is 107 cm³/mol. The zero-order valence-corrected chi connectivity index (χ0v) is 17.0. The Balaban J connectivity index is 1.58. The zero-order chi connectivity index (χ0) is 21.0. The Labute approximate surface area is 170 Å². The number of nitrogens with zero attached hydrogens (tertiary/aromatic N) is 3. The van der Waals surface area contributed by atoms with E-state index in [-0.39, 0.29) is 36.1 Å². The van der Waals surface area contributed by atoms with Crippen LogP contribution in [0.3, 0.4) is 0 Å². The molecule has 0 radical (unpaired) electrons. The van der Waals surface area contributed by atoms with Crippen LogP contribution in [-0.4, -0.2) is 58.8 Å². The van der Waals surface area contributed by atoms with Crippen molar-refractivity contribution >= 4 is 12.2 Å². The number of ether oxygens (including phenoxy) is 1. The van der Waals surface area contributed by atoms with Gasteiger partial charge in [-0.1, -0.05) is 12.1 Å². The number of carbonyl (C=O) groups excluding carboxylic acids is 2. The molecule has 2 heterocycles. The van der Waals surface area contributed by atoms with E-state index in [1.165, 1.54) is 12.1 Å². The molecule has 1 aliphatic rings. The molecular formula is C22H26FN3O3. The lowest BCUT2D eigenvalue weighted by Crippen LogP contribution is -2.58. The molecule has 2 aromatic rings. The van der Waals surface area contributed by atoms with Gasteiger partial charge >= 0.3 is 0 Å². The molecule has 0 bridgehead atoms. The second-order valence-corrected chi connectivity index (χ2v) is 7.54. The van der Waals surface area contributed by atoms with Crippen molar-refractivity contribution in [2.45, 2.75) is 39.4 Å². The first-order valence-corrected chi connectivity index (χ1v) is 9.71. The van der Waals surface area contributed by atoms with Crippen molar-refractivity contribution in [1.29, 1.82) is 0 Å². The number of aromatic nitrogens is 1. The number of aldehydes is 1. The summed E-state index contributed by atoms with van der Waals surface area (Å²) in [6, 6.07) is 10.1. The summed E-state index contributed by atoms with van der Waals surface area (Å²) in [4.78, 5) is 32.1. The standard InChI is InChI=1S/C22H26FN3O3/c1-15-4-9-21(20(13-27)24-15)29-14-22(28)26-11-16(2)25(10-17(26)3)12-18-5-7-19(23)8-6-18/h4-9,13,16-17H,10-12,14H2,1-3H3. The third kappa shape index (κ3) is 5.17. The first-order chi connectivity index (χ1) is 13.9. The minimum Gasteiger partial charge on any atom is -0.481 e. The lowest BCUT2D eigenvalue weighted by atomic mass is 10.1.